The first-order valence-corrected chi connectivity index (χ1v) is 14.1. The average Bonchev–Trinajstić information content (AvgIpc) is 3.16. The molecule has 0 fully saturated rings. The number of amides is 1. The van der Waals surface area contributed by atoms with Crippen molar-refractivity contribution in [2.45, 2.75) is 45.5 Å². The van der Waals surface area contributed by atoms with Gasteiger partial charge < -0.3 is 20.5 Å². The molecule has 0 spiro atoms. The highest BCUT2D eigenvalue weighted by molar-refractivity contribution is 6.74. The van der Waals surface area contributed by atoms with Crippen molar-refractivity contribution >= 4 is 30.9 Å². The fourth-order valence-corrected chi connectivity index (χ4v) is 4.53. The summed E-state index contributed by atoms with van der Waals surface area (Å²) < 4.78 is 8.43. The fraction of sp³-hybridized carbons (Fsp3) is 0.269. The molecular weight excluding hydrogens is 442 g/mol. The predicted molar refractivity (Wildman–Crippen MR) is 139 cm³/mol. The number of hydrogen-bond acceptors (Lipinski definition) is 5. The maximum atomic E-state index is 11.8. The summed E-state index contributed by atoms with van der Waals surface area (Å²) in [6.45, 7) is 11.8. The molecule has 3 aromatic heterocycles. The molecule has 0 aliphatic rings. The summed E-state index contributed by atoms with van der Waals surface area (Å²) >= 11 is 0. The third-order valence-corrected chi connectivity index (χ3v) is 11.1. The Morgan fingerprint density at radius 3 is 2.41 bits per heavy atom. The molecule has 0 unspecified atom stereocenters. The van der Waals surface area contributed by atoms with Crippen molar-refractivity contribution in [2.75, 3.05) is 5.73 Å². The van der Waals surface area contributed by atoms with Crippen LogP contribution in [-0.4, -0.2) is 28.8 Å². The van der Waals surface area contributed by atoms with Crippen molar-refractivity contribution < 1.29 is 9.22 Å². The van der Waals surface area contributed by atoms with Gasteiger partial charge in [-0.1, -0.05) is 32.9 Å². The number of anilines is 1. The number of hydrogen-bond donors (Lipinski definition) is 2. The van der Waals surface area contributed by atoms with Gasteiger partial charge in [-0.05, 0) is 60.1 Å². The van der Waals surface area contributed by atoms with Crippen molar-refractivity contribution in [1.82, 2.24) is 14.5 Å². The highest BCUT2D eigenvalue weighted by atomic mass is 28.4. The molecule has 1 amide bonds. The number of pyridine rings is 2. The van der Waals surface area contributed by atoms with Crippen LogP contribution in [0.4, 0.5) is 5.82 Å². The Labute approximate surface area is 200 Å². The first-order chi connectivity index (χ1) is 16.0. The van der Waals surface area contributed by atoms with Crippen LogP contribution in [0.5, 0.6) is 0 Å². The third kappa shape index (κ3) is 4.46. The second kappa shape index (κ2) is 8.70. The molecule has 176 valence electrons. The van der Waals surface area contributed by atoms with Crippen LogP contribution in [0, 0.1) is 0 Å². The monoisotopic (exact) mass is 473 g/mol. The zero-order valence-electron chi connectivity index (χ0n) is 20.3. The van der Waals surface area contributed by atoms with Crippen LogP contribution in [0.2, 0.25) is 18.1 Å². The molecule has 0 aliphatic carbocycles. The van der Waals surface area contributed by atoms with Crippen molar-refractivity contribution in [1.29, 1.82) is 0 Å². The largest absolute Gasteiger partial charge is 0.413 e. The smallest absolute Gasteiger partial charge is 0.267 e. The van der Waals surface area contributed by atoms with E-state index in [1.807, 2.05) is 30.3 Å². The summed E-state index contributed by atoms with van der Waals surface area (Å²) in [6, 6.07) is 15.7. The van der Waals surface area contributed by atoms with Gasteiger partial charge in [-0.25, -0.2) is 4.98 Å². The first-order valence-electron chi connectivity index (χ1n) is 11.2. The number of fused-ring (bicyclic) bond motifs is 1. The minimum Gasteiger partial charge on any atom is -0.413 e. The van der Waals surface area contributed by atoms with E-state index in [0.29, 0.717) is 12.4 Å². The Balaban J connectivity index is 1.78. The van der Waals surface area contributed by atoms with E-state index in [2.05, 4.69) is 60.5 Å². The number of carbonyl (C=O) groups is 1. The number of aromatic nitrogens is 3. The molecule has 0 saturated carbocycles. The molecule has 34 heavy (non-hydrogen) atoms. The lowest BCUT2D eigenvalue weighted by Gasteiger charge is -2.36. The van der Waals surface area contributed by atoms with Crippen LogP contribution >= 0.6 is 0 Å². The van der Waals surface area contributed by atoms with Crippen LogP contribution < -0.4 is 11.5 Å². The second-order valence-corrected chi connectivity index (χ2v) is 14.8. The molecule has 7 nitrogen and oxygen atoms in total. The molecule has 8 heteroatoms. The number of carbonyl (C=O) groups excluding carboxylic acids is 1. The zero-order chi connectivity index (χ0) is 24.7. The van der Waals surface area contributed by atoms with Gasteiger partial charge in [0.25, 0.3) is 5.91 Å². The minimum atomic E-state index is -1.84. The molecule has 0 atom stereocenters. The van der Waals surface area contributed by atoms with Crippen LogP contribution in [0.1, 0.15) is 36.8 Å². The third-order valence-electron chi connectivity index (χ3n) is 6.65. The van der Waals surface area contributed by atoms with Gasteiger partial charge >= 0.3 is 0 Å². The SMILES string of the molecule is CC(C)(C)[Si](C)(C)OCc1ccc(-n2c(-c3cccnc3N)cc3cnc(C(N)=O)cc32)cc1. The summed E-state index contributed by atoms with van der Waals surface area (Å²) in [5.41, 5.74) is 16.4. The summed E-state index contributed by atoms with van der Waals surface area (Å²) in [5.74, 6) is -0.149. The number of rotatable bonds is 6. The lowest BCUT2D eigenvalue weighted by molar-refractivity contribution is 0.0995. The van der Waals surface area contributed by atoms with E-state index >= 15 is 0 Å². The molecule has 4 rings (SSSR count). The molecule has 0 saturated heterocycles. The van der Waals surface area contributed by atoms with Crippen LogP contribution in [0.3, 0.4) is 0 Å². The lowest BCUT2D eigenvalue weighted by Crippen LogP contribution is -2.40. The maximum Gasteiger partial charge on any atom is 0.267 e. The van der Waals surface area contributed by atoms with Gasteiger partial charge in [0.05, 0.1) is 17.8 Å². The Morgan fingerprint density at radius 2 is 1.79 bits per heavy atom. The van der Waals surface area contributed by atoms with Gasteiger partial charge in [-0.15, -0.1) is 0 Å². The average molecular weight is 474 g/mol. The molecule has 4 aromatic rings. The topological polar surface area (TPSA) is 109 Å². The van der Waals surface area contributed by atoms with Gasteiger partial charge in [0.2, 0.25) is 0 Å². The lowest BCUT2D eigenvalue weighted by atomic mass is 10.1. The Hall–Kier alpha value is -3.49. The van der Waals surface area contributed by atoms with Gasteiger partial charge in [0.1, 0.15) is 11.5 Å². The fourth-order valence-electron chi connectivity index (χ4n) is 3.57. The number of nitrogen functional groups attached to an aromatic ring is 1. The Bertz CT molecular complexity index is 1350. The maximum absolute atomic E-state index is 11.8. The molecule has 0 radical (unpaired) electrons. The Kier molecular flexibility index (Phi) is 6.05. The van der Waals surface area contributed by atoms with Gasteiger partial charge in [-0.2, -0.15) is 0 Å². The predicted octanol–water partition coefficient (Wildman–Crippen LogP) is 5.29. The van der Waals surface area contributed by atoms with Crippen LogP contribution in [0.15, 0.2) is 60.9 Å². The first kappa shape index (κ1) is 23.7. The molecular formula is C26H31N5O2Si. The van der Waals surface area contributed by atoms with Crippen LogP contribution in [-0.2, 0) is 11.0 Å². The summed E-state index contributed by atoms with van der Waals surface area (Å²) in [7, 11) is -1.84. The van der Waals surface area contributed by atoms with E-state index in [0.717, 1.165) is 33.4 Å². The second-order valence-electron chi connectivity index (χ2n) is 10.0. The molecule has 1 aromatic carbocycles. The highest BCUT2D eigenvalue weighted by Crippen LogP contribution is 2.37. The molecule has 0 bridgehead atoms. The highest BCUT2D eigenvalue weighted by Gasteiger charge is 2.37. The van der Waals surface area contributed by atoms with Crippen molar-refractivity contribution in [3.8, 4) is 16.9 Å². The van der Waals surface area contributed by atoms with E-state index in [-0.39, 0.29) is 10.7 Å². The summed E-state index contributed by atoms with van der Waals surface area (Å²) in [4.78, 5) is 20.3. The molecule has 4 N–H and O–H groups in total. The van der Waals surface area contributed by atoms with E-state index < -0.39 is 14.2 Å². The quantitative estimate of drug-likeness (QED) is 0.370. The van der Waals surface area contributed by atoms with Crippen molar-refractivity contribution in [3.05, 3.63) is 72.2 Å². The van der Waals surface area contributed by atoms with E-state index in [1.54, 1.807) is 18.5 Å². The number of nitrogens with two attached hydrogens (primary N) is 2. The van der Waals surface area contributed by atoms with E-state index in [4.69, 9.17) is 15.9 Å². The number of benzene rings is 1. The van der Waals surface area contributed by atoms with E-state index in [9.17, 15) is 4.79 Å². The zero-order valence-corrected chi connectivity index (χ0v) is 21.3. The van der Waals surface area contributed by atoms with Crippen LogP contribution in [0.25, 0.3) is 27.8 Å². The standard InChI is InChI=1S/C26H31N5O2Si/c1-26(2,3)34(4,5)33-16-17-8-10-19(11-9-17)31-22-14-21(25(28)32)30-15-18(22)13-23(31)20-7-6-12-29-24(20)27/h6-15H,16H2,1-5H3,(H2,27,29)(H2,28,32). The normalized spacial score (nSPS) is 12.3. The summed E-state index contributed by atoms with van der Waals surface area (Å²) in [5, 5.41) is 1.02. The Morgan fingerprint density at radius 1 is 1.09 bits per heavy atom. The molecule has 0 aliphatic heterocycles. The van der Waals surface area contributed by atoms with Crippen molar-refractivity contribution in [2.24, 2.45) is 5.73 Å². The van der Waals surface area contributed by atoms with Gasteiger partial charge in [-0.3, -0.25) is 9.78 Å². The van der Waals surface area contributed by atoms with Gasteiger partial charge in [0, 0.05) is 29.0 Å². The van der Waals surface area contributed by atoms with Crippen molar-refractivity contribution in [3.63, 3.8) is 0 Å². The number of primary amides is 1. The van der Waals surface area contributed by atoms with E-state index in [1.165, 1.54) is 0 Å². The summed E-state index contributed by atoms with van der Waals surface area (Å²) in [6.07, 6.45) is 3.32. The van der Waals surface area contributed by atoms with Gasteiger partial charge in [0.15, 0.2) is 8.32 Å². The molecule has 3 heterocycles. The number of nitrogens with zero attached hydrogens (tertiary/aromatic N) is 3. The minimum absolute atomic E-state index is 0.154.